The molecule has 1 amide bonds. The zero-order valence-corrected chi connectivity index (χ0v) is 19.9. The van der Waals surface area contributed by atoms with Gasteiger partial charge in [0.2, 0.25) is 11.9 Å². The monoisotopic (exact) mass is 462 g/mol. The second-order valence-corrected chi connectivity index (χ2v) is 8.96. The number of benzene rings is 1. The van der Waals surface area contributed by atoms with E-state index in [0.717, 1.165) is 48.3 Å². The molecule has 0 bridgehead atoms. The Balaban J connectivity index is 1.32. The van der Waals surface area contributed by atoms with Gasteiger partial charge >= 0.3 is 0 Å². The Bertz CT molecular complexity index is 1180. The maximum absolute atomic E-state index is 13.7. The van der Waals surface area contributed by atoms with Gasteiger partial charge in [0.1, 0.15) is 17.0 Å². The Labute approximate surface area is 199 Å². The lowest BCUT2D eigenvalue weighted by Crippen LogP contribution is -2.67. The molecule has 1 N–H and O–H groups in total. The van der Waals surface area contributed by atoms with Crippen molar-refractivity contribution in [1.82, 2.24) is 25.2 Å². The first-order valence-electron chi connectivity index (χ1n) is 11.7. The highest BCUT2D eigenvalue weighted by molar-refractivity contribution is 5.87. The molecule has 9 nitrogen and oxygen atoms in total. The molecule has 2 aliphatic heterocycles. The van der Waals surface area contributed by atoms with E-state index in [1.165, 1.54) is 0 Å². The Morgan fingerprint density at radius 1 is 1.15 bits per heavy atom. The third kappa shape index (κ3) is 4.23. The molecule has 9 heteroatoms. The number of nitrogens with zero attached hydrogens (tertiary/aromatic N) is 5. The molecule has 0 saturated carbocycles. The Hall–Kier alpha value is -3.46. The predicted octanol–water partition coefficient (Wildman–Crippen LogP) is 2.73. The maximum Gasteiger partial charge on any atom is 0.243 e. The summed E-state index contributed by atoms with van der Waals surface area (Å²) in [6, 6.07) is 9.60. The van der Waals surface area contributed by atoms with E-state index in [2.05, 4.69) is 25.2 Å². The zero-order valence-electron chi connectivity index (χ0n) is 19.9. The minimum absolute atomic E-state index is 0.126. The normalized spacial score (nSPS) is 17.9. The summed E-state index contributed by atoms with van der Waals surface area (Å²) in [4.78, 5) is 31.3. The SMILES string of the molecule is COc1cccc(-c2oc(C)nc2CN2CCNC3(CCN(c4nccc(C)n4)CC3)C2=O)c1. The predicted molar refractivity (Wildman–Crippen MR) is 128 cm³/mol. The van der Waals surface area contributed by atoms with Crippen LogP contribution in [0, 0.1) is 13.8 Å². The van der Waals surface area contributed by atoms with E-state index in [9.17, 15) is 4.79 Å². The highest BCUT2D eigenvalue weighted by Crippen LogP contribution is 2.32. The van der Waals surface area contributed by atoms with Gasteiger partial charge in [-0.25, -0.2) is 15.0 Å². The summed E-state index contributed by atoms with van der Waals surface area (Å²) in [6.07, 6.45) is 3.20. The number of hydrogen-bond acceptors (Lipinski definition) is 8. The molecule has 34 heavy (non-hydrogen) atoms. The number of aromatic nitrogens is 3. The Morgan fingerprint density at radius 2 is 1.97 bits per heavy atom. The lowest BCUT2D eigenvalue weighted by atomic mass is 9.84. The van der Waals surface area contributed by atoms with E-state index >= 15 is 0 Å². The molecule has 2 saturated heterocycles. The van der Waals surface area contributed by atoms with Crippen LogP contribution in [-0.2, 0) is 11.3 Å². The van der Waals surface area contributed by atoms with Crippen LogP contribution in [0.5, 0.6) is 5.75 Å². The van der Waals surface area contributed by atoms with Gasteiger partial charge in [0.15, 0.2) is 11.7 Å². The van der Waals surface area contributed by atoms with Crippen molar-refractivity contribution < 1.29 is 13.9 Å². The van der Waals surface area contributed by atoms with Crippen LogP contribution in [-0.4, -0.2) is 64.6 Å². The van der Waals surface area contributed by atoms with Crippen LogP contribution in [0.25, 0.3) is 11.3 Å². The molecule has 5 rings (SSSR count). The zero-order chi connectivity index (χ0) is 23.7. The third-order valence-electron chi connectivity index (χ3n) is 6.70. The molecule has 0 atom stereocenters. The average Bonchev–Trinajstić information content (AvgIpc) is 3.22. The summed E-state index contributed by atoms with van der Waals surface area (Å²) in [5, 5.41) is 3.53. The van der Waals surface area contributed by atoms with Gasteiger partial charge in [-0.3, -0.25) is 4.79 Å². The number of oxazole rings is 1. The number of hydrogen-bond donors (Lipinski definition) is 1. The second-order valence-electron chi connectivity index (χ2n) is 8.96. The minimum Gasteiger partial charge on any atom is -0.497 e. The van der Waals surface area contributed by atoms with Gasteiger partial charge in [-0.1, -0.05) is 12.1 Å². The van der Waals surface area contributed by atoms with Crippen molar-refractivity contribution in [3.8, 4) is 17.1 Å². The molecule has 0 radical (unpaired) electrons. The van der Waals surface area contributed by atoms with Crippen molar-refractivity contribution in [2.24, 2.45) is 0 Å². The van der Waals surface area contributed by atoms with E-state index in [0.29, 0.717) is 37.6 Å². The summed E-state index contributed by atoms with van der Waals surface area (Å²) in [7, 11) is 1.64. The van der Waals surface area contributed by atoms with Crippen molar-refractivity contribution in [3.05, 3.63) is 53.8 Å². The molecule has 0 aliphatic carbocycles. The largest absolute Gasteiger partial charge is 0.497 e. The van der Waals surface area contributed by atoms with Crippen LogP contribution in [0.2, 0.25) is 0 Å². The van der Waals surface area contributed by atoms with Crippen LogP contribution in [0.3, 0.4) is 0 Å². The van der Waals surface area contributed by atoms with Crippen molar-refractivity contribution in [2.45, 2.75) is 38.8 Å². The van der Waals surface area contributed by atoms with Gasteiger partial charge < -0.3 is 24.3 Å². The molecule has 178 valence electrons. The highest BCUT2D eigenvalue weighted by atomic mass is 16.5. The number of aryl methyl sites for hydroxylation is 2. The van der Waals surface area contributed by atoms with Crippen molar-refractivity contribution in [3.63, 3.8) is 0 Å². The first-order chi connectivity index (χ1) is 16.5. The molecule has 3 aromatic rings. The number of anilines is 1. The van der Waals surface area contributed by atoms with E-state index < -0.39 is 5.54 Å². The van der Waals surface area contributed by atoms with Gasteiger partial charge in [-0.2, -0.15) is 0 Å². The molecule has 2 aliphatic rings. The number of piperazine rings is 1. The first kappa shape index (κ1) is 22.3. The molecule has 2 fully saturated rings. The summed E-state index contributed by atoms with van der Waals surface area (Å²) in [5.74, 6) is 2.87. The number of amides is 1. The number of nitrogens with one attached hydrogen (secondary N) is 1. The Morgan fingerprint density at radius 3 is 2.74 bits per heavy atom. The molecule has 1 spiro atoms. The highest BCUT2D eigenvalue weighted by Gasteiger charge is 2.46. The number of methoxy groups -OCH3 is 1. The number of ether oxygens (including phenoxy) is 1. The summed E-state index contributed by atoms with van der Waals surface area (Å²) >= 11 is 0. The van der Waals surface area contributed by atoms with Crippen LogP contribution in [0.4, 0.5) is 5.95 Å². The summed E-state index contributed by atoms with van der Waals surface area (Å²) in [5.41, 5.74) is 2.03. The van der Waals surface area contributed by atoms with E-state index in [1.54, 1.807) is 13.3 Å². The lowest BCUT2D eigenvalue weighted by molar-refractivity contribution is -0.143. The molecule has 2 aromatic heterocycles. The summed E-state index contributed by atoms with van der Waals surface area (Å²) < 4.78 is 11.3. The molecular formula is C25H30N6O3. The topological polar surface area (TPSA) is 96.6 Å². The second kappa shape index (κ2) is 9.06. The van der Waals surface area contributed by atoms with Crippen molar-refractivity contribution in [1.29, 1.82) is 0 Å². The molecule has 0 unspecified atom stereocenters. The standard InChI is InChI=1S/C25H30N6O3/c1-17-7-10-26-24(28-17)30-12-8-25(9-13-30)23(32)31(14-11-27-25)16-21-22(34-18(2)29-21)19-5-4-6-20(15-19)33-3/h4-7,10,15,27H,8-9,11-14,16H2,1-3H3. The van der Waals surface area contributed by atoms with E-state index in [1.807, 2.05) is 49.1 Å². The van der Waals surface area contributed by atoms with Crippen molar-refractivity contribution >= 4 is 11.9 Å². The average molecular weight is 463 g/mol. The Kier molecular flexibility index (Phi) is 5.95. The number of piperidine rings is 1. The van der Waals surface area contributed by atoms with Crippen molar-refractivity contribution in [2.75, 3.05) is 38.2 Å². The first-order valence-corrected chi connectivity index (χ1v) is 11.7. The lowest BCUT2D eigenvalue weighted by Gasteiger charge is -2.46. The van der Waals surface area contributed by atoms with Gasteiger partial charge in [0.05, 0.1) is 13.7 Å². The van der Waals surface area contributed by atoms with E-state index in [-0.39, 0.29) is 5.91 Å². The fraction of sp³-hybridized carbons (Fsp3) is 0.440. The minimum atomic E-state index is -0.562. The maximum atomic E-state index is 13.7. The van der Waals surface area contributed by atoms with Gasteiger partial charge in [-0.15, -0.1) is 0 Å². The van der Waals surface area contributed by atoms with Crippen LogP contribution in [0.15, 0.2) is 40.9 Å². The molecule has 1 aromatic carbocycles. The van der Waals surface area contributed by atoms with E-state index in [4.69, 9.17) is 9.15 Å². The van der Waals surface area contributed by atoms with Gasteiger partial charge in [-0.05, 0) is 38.0 Å². The molecule has 4 heterocycles. The van der Waals surface area contributed by atoms with Crippen LogP contribution >= 0.6 is 0 Å². The number of carbonyl (C=O) groups is 1. The fourth-order valence-corrected chi connectivity index (χ4v) is 4.88. The number of carbonyl (C=O) groups excluding carboxylic acids is 1. The molecular weight excluding hydrogens is 432 g/mol. The summed E-state index contributed by atoms with van der Waals surface area (Å²) in [6.45, 7) is 7.05. The third-order valence-corrected chi connectivity index (χ3v) is 6.70. The van der Waals surface area contributed by atoms with Gasteiger partial charge in [0.25, 0.3) is 0 Å². The number of rotatable bonds is 5. The van der Waals surface area contributed by atoms with Crippen LogP contribution < -0.4 is 15.0 Å². The quantitative estimate of drug-likeness (QED) is 0.618. The smallest absolute Gasteiger partial charge is 0.243 e. The fourth-order valence-electron chi connectivity index (χ4n) is 4.88. The van der Waals surface area contributed by atoms with Crippen LogP contribution in [0.1, 0.15) is 30.1 Å². The van der Waals surface area contributed by atoms with Gasteiger partial charge in [0, 0.05) is 50.6 Å².